The summed E-state index contributed by atoms with van der Waals surface area (Å²) in [6.07, 6.45) is 0. The molecule has 1 aromatic rings. The molecule has 0 unspecified atom stereocenters. The number of benzene rings is 1. The minimum atomic E-state index is -4.83. The molecule has 0 spiro atoms. The third-order valence-electron chi connectivity index (χ3n) is 2.31. The molecule has 6 nitrogen and oxygen atoms in total. The Morgan fingerprint density at radius 2 is 1.61 bits per heavy atom. The second kappa shape index (κ2) is 4.20. The van der Waals surface area contributed by atoms with Crippen molar-refractivity contribution in [3.05, 3.63) is 40.8 Å². The van der Waals surface area contributed by atoms with Crippen molar-refractivity contribution in [2.75, 3.05) is 0 Å². The van der Waals surface area contributed by atoms with Gasteiger partial charge in [0.05, 0.1) is 5.57 Å². The van der Waals surface area contributed by atoms with Crippen molar-refractivity contribution in [3.63, 3.8) is 0 Å². The van der Waals surface area contributed by atoms with E-state index in [9.17, 15) is 18.0 Å². The lowest BCUT2D eigenvalue weighted by Crippen LogP contribution is -2.22. The zero-order valence-corrected chi connectivity index (χ0v) is 10.3. The predicted molar refractivity (Wildman–Crippen MR) is 62.6 cm³/mol. The van der Waals surface area contributed by atoms with Crippen LogP contribution in [0.15, 0.2) is 35.2 Å². The van der Waals surface area contributed by atoms with Gasteiger partial charge >= 0.3 is 10.1 Å². The molecule has 0 aliphatic carbocycles. The fourth-order valence-electron chi connectivity index (χ4n) is 1.58. The van der Waals surface area contributed by atoms with Gasteiger partial charge in [-0.15, -0.1) is 0 Å². The van der Waals surface area contributed by atoms with Gasteiger partial charge in [-0.05, 0) is 5.56 Å². The lowest BCUT2D eigenvalue weighted by atomic mass is 10.1. The molecule has 18 heavy (non-hydrogen) atoms. The number of halogens is 1. The Hall–Kier alpha value is -1.70. The number of hydrogen-bond acceptors (Lipinski definition) is 4. The van der Waals surface area contributed by atoms with E-state index >= 15 is 0 Å². The van der Waals surface area contributed by atoms with Gasteiger partial charge in [-0.2, -0.15) is 12.8 Å². The highest BCUT2D eigenvalue weighted by Gasteiger charge is 2.44. The first-order valence-corrected chi connectivity index (χ1v) is 6.43. The zero-order valence-electron chi connectivity index (χ0n) is 8.70. The molecular weight excluding hydrogens is 282 g/mol. The topological polar surface area (TPSA) is 91.7 Å². The van der Waals surface area contributed by atoms with Crippen LogP contribution in [0, 0.1) is 0 Å². The predicted octanol–water partition coefficient (Wildman–Crippen LogP) is 0.808. The van der Waals surface area contributed by atoms with Crippen molar-refractivity contribution in [2.24, 2.45) is 0 Å². The number of rotatable bonds is 2. The summed E-state index contributed by atoms with van der Waals surface area (Å²) in [7, 11) is -4.83. The smallest absolute Gasteiger partial charge is 0.282 e. The van der Waals surface area contributed by atoms with Crippen molar-refractivity contribution in [1.82, 2.24) is 4.42 Å². The van der Waals surface area contributed by atoms with E-state index in [1.807, 2.05) is 0 Å². The van der Waals surface area contributed by atoms with Crippen molar-refractivity contribution in [1.29, 1.82) is 0 Å². The summed E-state index contributed by atoms with van der Waals surface area (Å²) in [5.74, 6) is -2.25. The Morgan fingerprint density at radius 3 is 2.11 bits per heavy atom. The molecule has 1 N–H and O–H groups in total. The van der Waals surface area contributed by atoms with E-state index in [2.05, 4.69) is 0 Å². The number of carbonyl (C=O) groups is 2. The normalized spacial score (nSPS) is 16.7. The van der Waals surface area contributed by atoms with Crippen LogP contribution in [0.4, 0.5) is 0 Å². The highest BCUT2D eigenvalue weighted by Crippen LogP contribution is 2.32. The highest BCUT2D eigenvalue weighted by atomic mass is 35.5. The van der Waals surface area contributed by atoms with E-state index in [-0.39, 0.29) is 9.98 Å². The first kappa shape index (κ1) is 12.7. The Kier molecular flexibility index (Phi) is 2.97. The minimum Gasteiger partial charge on any atom is -0.282 e. The van der Waals surface area contributed by atoms with E-state index in [1.165, 1.54) is 12.1 Å². The van der Waals surface area contributed by atoms with E-state index in [4.69, 9.17) is 16.3 Å². The van der Waals surface area contributed by atoms with Gasteiger partial charge in [-0.3, -0.25) is 14.1 Å². The lowest BCUT2D eigenvalue weighted by molar-refractivity contribution is -0.130. The van der Waals surface area contributed by atoms with Gasteiger partial charge < -0.3 is 0 Å². The number of hydrogen-bond donors (Lipinski definition) is 1. The average molecular weight is 288 g/mol. The first-order valence-electron chi connectivity index (χ1n) is 4.66. The zero-order chi connectivity index (χ0) is 13.5. The number of imide groups is 1. The SMILES string of the molecule is O=C1C(c2ccccc2)=C(S(=O)(=O)O)C(=O)N1Cl. The molecule has 2 amide bonds. The molecule has 0 radical (unpaired) electrons. The van der Waals surface area contributed by atoms with Gasteiger partial charge in [0.15, 0.2) is 4.91 Å². The van der Waals surface area contributed by atoms with Crippen LogP contribution in [0.3, 0.4) is 0 Å². The van der Waals surface area contributed by atoms with Crippen LogP contribution in [0.1, 0.15) is 5.56 Å². The van der Waals surface area contributed by atoms with Crippen molar-refractivity contribution in [2.45, 2.75) is 0 Å². The van der Waals surface area contributed by atoms with Crippen LogP contribution in [-0.2, 0) is 19.7 Å². The number of carbonyl (C=O) groups excluding carboxylic acids is 2. The molecule has 0 atom stereocenters. The summed E-state index contributed by atoms with van der Waals surface area (Å²) < 4.78 is 31.5. The Morgan fingerprint density at radius 1 is 1.06 bits per heavy atom. The van der Waals surface area contributed by atoms with Gasteiger partial charge in [0.25, 0.3) is 11.8 Å². The summed E-state index contributed by atoms with van der Waals surface area (Å²) >= 11 is 5.38. The molecule has 1 aromatic carbocycles. The summed E-state index contributed by atoms with van der Waals surface area (Å²) in [5.41, 5.74) is -0.246. The molecule has 0 bridgehead atoms. The molecule has 1 aliphatic rings. The number of amides is 2. The fourth-order valence-corrected chi connectivity index (χ4v) is 2.58. The van der Waals surface area contributed by atoms with Gasteiger partial charge in [-0.25, -0.2) is 0 Å². The van der Waals surface area contributed by atoms with Crippen LogP contribution in [0.25, 0.3) is 5.57 Å². The molecule has 0 saturated carbocycles. The molecule has 0 saturated heterocycles. The third kappa shape index (κ3) is 1.92. The van der Waals surface area contributed by atoms with Crippen LogP contribution in [0.5, 0.6) is 0 Å². The fraction of sp³-hybridized carbons (Fsp3) is 0. The summed E-state index contributed by atoms with van der Waals surface area (Å²) in [5, 5.41) is 0. The number of nitrogens with zero attached hydrogens (tertiary/aromatic N) is 1. The second-order valence-electron chi connectivity index (χ2n) is 3.44. The Labute approximate surface area is 107 Å². The Bertz CT molecular complexity index is 665. The van der Waals surface area contributed by atoms with Gasteiger partial charge in [-0.1, -0.05) is 30.3 Å². The maximum absolute atomic E-state index is 11.7. The van der Waals surface area contributed by atoms with E-state index in [1.54, 1.807) is 18.2 Å². The van der Waals surface area contributed by atoms with Crippen LogP contribution >= 0.6 is 11.8 Å². The molecule has 2 rings (SSSR count). The molecule has 0 aromatic heterocycles. The second-order valence-corrected chi connectivity index (χ2v) is 5.13. The Balaban J connectivity index is 2.77. The molecule has 8 heteroatoms. The van der Waals surface area contributed by atoms with Crippen LogP contribution in [0.2, 0.25) is 0 Å². The average Bonchev–Trinajstić information content (AvgIpc) is 2.54. The first-order chi connectivity index (χ1) is 8.34. The standard InChI is InChI=1S/C10H6ClNO5S/c11-12-9(13)7(6-4-2-1-3-5-6)8(10(12)14)18(15,16)17/h1-5H,(H,15,16,17). The maximum atomic E-state index is 11.7. The van der Waals surface area contributed by atoms with Crippen LogP contribution in [-0.4, -0.2) is 29.2 Å². The van der Waals surface area contributed by atoms with Gasteiger partial charge in [0.1, 0.15) is 0 Å². The summed E-state index contributed by atoms with van der Waals surface area (Å²) in [6, 6.07) is 7.62. The lowest BCUT2D eigenvalue weighted by Gasteiger charge is -2.02. The molecule has 94 valence electrons. The van der Waals surface area contributed by atoms with E-state index in [0.717, 1.165) is 0 Å². The van der Waals surface area contributed by atoms with Gasteiger partial charge in [0.2, 0.25) is 0 Å². The van der Waals surface area contributed by atoms with Crippen molar-refractivity contribution < 1.29 is 22.6 Å². The molecule has 1 heterocycles. The molecule has 1 aliphatic heterocycles. The van der Waals surface area contributed by atoms with E-state index < -0.39 is 32.4 Å². The third-order valence-corrected chi connectivity index (χ3v) is 3.51. The van der Waals surface area contributed by atoms with E-state index in [0.29, 0.717) is 0 Å². The van der Waals surface area contributed by atoms with Crippen molar-refractivity contribution in [3.8, 4) is 0 Å². The maximum Gasteiger partial charge on any atom is 0.300 e. The van der Waals surface area contributed by atoms with Gasteiger partial charge in [0, 0.05) is 11.8 Å². The van der Waals surface area contributed by atoms with Crippen molar-refractivity contribution >= 4 is 39.3 Å². The quantitative estimate of drug-likeness (QED) is 0.494. The highest BCUT2D eigenvalue weighted by molar-refractivity contribution is 7.91. The monoisotopic (exact) mass is 287 g/mol. The largest absolute Gasteiger partial charge is 0.300 e. The molecule has 0 fully saturated rings. The van der Waals surface area contributed by atoms with Crippen LogP contribution < -0.4 is 0 Å². The summed E-state index contributed by atoms with van der Waals surface area (Å²) in [4.78, 5) is 22.2. The minimum absolute atomic E-state index is 0.130. The summed E-state index contributed by atoms with van der Waals surface area (Å²) in [6.45, 7) is 0. The molecular formula is C10H6ClNO5S.